The zero-order valence-electron chi connectivity index (χ0n) is 9.28. The summed E-state index contributed by atoms with van der Waals surface area (Å²) in [6.07, 6.45) is 5.88. The van der Waals surface area contributed by atoms with Crippen LogP contribution in [0, 0.1) is 5.41 Å². The quantitative estimate of drug-likeness (QED) is 0.644. The van der Waals surface area contributed by atoms with E-state index < -0.39 is 5.41 Å². The van der Waals surface area contributed by atoms with E-state index in [2.05, 4.69) is 0 Å². The van der Waals surface area contributed by atoms with E-state index in [-0.39, 0.29) is 5.97 Å². The Kier molecular flexibility index (Phi) is 2.71. The molecule has 0 radical (unpaired) electrons. The number of nitrogens with zero attached hydrogens (tertiary/aromatic N) is 1. The Labute approximate surface area is 95.7 Å². The highest BCUT2D eigenvalue weighted by Gasteiger charge is 2.48. The fourth-order valence-corrected chi connectivity index (χ4v) is 2.43. The first kappa shape index (κ1) is 10.9. The lowest BCUT2D eigenvalue weighted by molar-refractivity contribution is -0.174. The SMILES string of the molecule is CC1(C)C(=O)ON(C2CCCCC2)C1=S. The van der Waals surface area contributed by atoms with Crippen molar-refractivity contribution in [2.75, 3.05) is 0 Å². The van der Waals surface area contributed by atoms with Crippen molar-refractivity contribution < 1.29 is 9.63 Å². The number of rotatable bonds is 1. The van der Waals surface area contributed by atoms with E-state index in [9.17, 15) is 4.79 Å². The fraction of sp³-hybridized carbons (Fsp3) is 0.818. The maximum absolute atomic E-state index is 11.6. The van der Waals surface area contributed by atoms with E-state index in [1.54, 1.807) is 5.06 Å². The molecule has 2 fully saturated rings. The van der Waals surface area contributed by atoms with Gasteiger partial charge >= 0.3 is 5.97 Å². The second-order valence-corrected chi connectivity index (χ2v) is 5.31. The van der Waals surface area contributed by atoms with E-state index in [4.69, 9.17) is 17.1 Å². The predicted molar refractivity (Wildman–Crippen MR) is 61.2 cm³/mol. The minimum Gasteiger partial charge on any atom is -0.339 e. The Hall–Kier alpha value is -0.640. The minimum absolute atomic E-state index is 0.210. The van der Waals surface area contributed by atoms with Gasteiger partial charge in [-0.3, -0.25) is 0 Å². The van der Waals surface area contributed by atoms with Crippen LogP contribution in [0.4, 0.5) is 0 Å². The van der Waals surface area contributed by atoms with E-state index >= 15 is 0 Å². The van der Waals surface area contributed by atoms with Crippen LogP contribution >= 0.6 is 12.2 Å². The molecular formula is C11H17NO2S. The van der Waals surface area contributed by atoms with Gasteiger partial charge in [-0.15, -0.1) is 0 Å². The van der Waals surface area contributed by atoms with Crippen LogP contribution in [0.15, 0.2) is 0 Å². The van der Waals surface area contributed by atoms with Crippen LogP contribution in [-0.2, 0) is 9.63 Å². The fourth-order valence-electron chi connectivity index (χ4n) is 2.16. The van der Waals surface area contributed by atoms with Crippen LogP contribution in [0.25, 0.3) is 0 Å². The zero-order valence-corrected chi connectivity index (χ0v) is 10.1. The molecule has 1 saturated heterocycles. The number of thiocarbonyl (C=S) groups is 1. The number of carbonyl (C=O) groups excluding carboxylic acids is 1. The molecule has 0 bridgehead atoms. The summed E-state index contributed by atoms with van der Waals surface area (Å²) in [6.45, 7) is 3.67. The Balaban J connectivity index is 2.11. The largest absolute Gasteiger partial charge is 0.344 e. The third-order valence-electron chi connectivity index (χ3n) is 3.33. The van der Waals surface area contributed by atoms with Crippen molar-refractivity contribution in [3.8, 4) is 0 Å². The molecule has 84 valence electrons. The minimum atomic E-state index is -0.618. The van der Waals surface area contributed by atoms with Gasteiger partial charge in [0.05, 0.1) is 6.04 Å². The van der Waals surface area contributed by atoms with Gasteiger partial charge in [0.15, 0.2) is 0 Å². The van der Waals surface area contributed by atoms with Gasteiger partial charge in [-0.25, -0.2) is 4.79 Å². The van der Waals surface area contributed by atoms with Crippen LogP contribution in [-0.4, -0.2) is 22.1 Å². The van der Waals surface area contributed by atoms with Crippen LogP contribution in [0.3, 0.4) is 0 Å². The van der Waals surface area contributed by atoms with E-state index in [0.29, 0.717) is 11.0 Å². The van der Waals surface area contributed by atoms with Gasteiger partial charge in [0.2, 0.25) is 0 Å². The highest BCUT2D eigenvalue weighted by atomic mass is 32.1. The molecule has 2 aliphatic rings. The summed E-state index contributed by atoms with van der Waals surface area (Å²) in [5.74, 6) is -0.210. The lowest BCUT2D eigenvalue weighted by Crippen LogP contribution is -2.38. The van der Waals surface area contributed by atoms with Crippen molar-refractivity contribution in [1.29, 1.82) is 0 Å². The molecule has 0 aromatic rings. The van der Waals surface area contributed by atoms with Crippen molar-refractivity contribution >= 4 is 23.2 Å². The summed E-state index contributed by atoms with van der Waals surface area (Å²) >= 11 is 5.31. The molecule has 0 unspecified atom stereocenters. The smallest absolute Gasteiger partial charge is 0.339 e. The number of carbonyl (C=O) groups is 1. The van der Waals surface area contributed by atoms with Crippen molar-refractivity contribution in [2.24, 2.45) is 5.41 Å². The van der Waals surface area contributed by atoms with Gasteiger partial charge in [0, 0.05) is 0 Å². The molecule has 0 N–H and O–H groups in total. The van der Waals surface area contributed by atoms with Crippen LogP contribution in [0.5, 0.6) is 0 Å². The third-order valence-corrected chi connectivity index (χ3v) is 4.02. The predicted octanol–water partition coefficient (Wildman–Crippen LogP) is 2.45. The molecule has 1 heterocycles. The first-order valence-corrected chi connectivity index (χ1v) is 6.00. The number of hydroxylamine groups is 2. The molecule has 1 aliphatic carbocycles. The molecule has 2 rings (SSSR count). The summed E-state index contributed by atoms with van der Waals surface area (Å²) in [5.41, 5.74) is -0.618. The third kappa shape index (κ3) is 1.75. The van der Waals surface area contributed by atoms with Gasteiger partial charge in [-0.1, -0.05) is 31.5 Å². The standard InChI is InChI=1S/C11H17NO2S/c1-11(2)9(15)12(14-10(11)13)8-6-4-3-5-7-8/h8H,3-7H2,1-2H3. The van der Waals surface area contributed by atoms with Gasteiger partial charge in [-0.2, -0.15) is 5.06 Å². The lowest BCUT2D eigenvalue weighted by Gasteiger charge is -2.30. The molecule has 1 aliphatic heterocycles. The monoisotopic (exact) mass is 227 g/mol. The summed E-state index contributed by atoms with van der Waals surface area (Å²) in [7, 11) is 0. The summed E-state index contributed by atoms with van der Waals surface area (Å²) in [4.78, 5) is 17.5. The Morgan fingerprint density at radius 2 is 1.93 bits per heavy atom. The first-order chi connectivity index (χ1) is 7.03. The Morgan fingerprint density at radius 3 is 2.40 bits per heavy atom. The highest BCUT2D eigenvalue weighted by Crippen LogP contribution is 2.35. The summed E-state index contributed by atoms with van der Waals surface area (Å²) < 4.78 is 0. The molecule has 3 nitrogen and oxygen atoms in total. The lowest BCUT2D eigenvalue weighted by atomic mass is 9.91. The second kappa shape index (κ2) is 3.74. The van der Waals surface area contributed by atoms with Crippen LogP contribution in [0.2, 0.25) is 0 Å². The number of hydrogen-bond donors (Lipinski definition) is 0. The van der Waals surface area contributed by atoms with Crippen LogP contribution in [0.1, 0.15) is 46.0 Å². The van der Waals surface area contributed by atoms with Gasteiger partial charge in [-0.05, 0) is 26.7 Å². The average Bonchev–Trinajstić information content (AvgIpc) is 2.44. The molecule has 0 aromatic heterocycles. The summed E-state index contributed by atoms with van der Waals surface area (Å²) in [6, 6.07) is 0.317. The molecule has 0 atom stereocenters. The Bertz CT molecular complexity index is 295. The molecule has 0 aromatic carbocycles. The summed E-state index contributed by atoms with van der Waals surface area (Å²) in [5, 5.41) is 1.69. The van der Waals surface area contributed by atoms with Crippen molar-refractivity contribution in [1.82, 2.24) is 5.06 Å². The van der Waals surface area contributed by atoms with Crippen molar-refractivity contribution in [3.05, 3.63) is 0 Å². The van der Waals surface area contributed by atoms with Gasteiger partial charge < -0.3 is 4.84 Å². The first-order valence-electron chi connectivity index (χ1n) is 5.59. The van der Waals surface area contributed by atoms with Gasteiger partial charge in [0.25, 0.3) is 0 Å². The molecule has 4 heteroatoms. The highest BCUT2D eigenvalue weighted by molar-refractivity contribution is 7.80. The zero-order chi connectivity index (χ0) is 11.1. The van der Waals surface area contributed by atoms with Crippen molar-refractivity contribution in [3.63, 3.8) is 0 Å². The van der Waals surface area contributed by atoms with Crippen LogP contribution < -0.4 is 0 Å². The maximum atomic E-state index is 11.6. The average molecular weight is 227 g/mol. The van der Waals surface area contributed by atoms with Gasteiger partial charge in [0.1, 0.15) is 10.4 Å². The van der Waals surface area contributed by atoms with E-state index in [0.717, 1.165) is 12.8 Å². The molecular weight excluding hydrogens is 210 g/mol. The van der Waals surface area contributed by atoms with E-state index in [1.165, 1.54) is 19.3 Å². The molecule has 0 amide bonds. The molecule has 15 heavy (non-hydrogen) atoms. The normalized spacial score (nSPS) is 26.9. The topological polar surface area (TPSA) is 29.5 Å². The molecule has 1 saturated carbocycles. The number of hydrogen-bond acceptors (Lipinski definition) is 3. The Morgan fingerprint density at radius 1 is 1.33 bits per heavy atom. The maximum Gasteiger partial charge on any atom is 0.344 e. The second-order valence-electron chi connectivity index (χ2n) is 4.93. The van der Waals surface area contributed by atoms with Crippen molar-refractivity contribution in [2.45, 2.75) is 52.0 Å². The van der Waals surface area contributed by atoms with E-state index in [1.807, 2.05) is 13.8 Å². The molecule has 0 spiro atoms.